The summed E-state index contributed by atoms with van der Waals surface area (Å²) >= 11 is 0. The summed E-state index contributed by atoms with van der Waals surface area (Å²) in [5.74, 6) is 1.89. The molecule has 7 aromatic rings. The normalized spacial score (nSPS) is 10.9. The lowest BCUT2D eigenvalue weighted by Crippen LogP contribution is -2.00. The van der Waals surface area contributed by atoms with Gasteiger partial charge in [0.15, 0.2) is 17.5 Å². The summed E-state index contributed by atoms with van der Waals surface area (Å²) in [5, 5.41) is 0. The lowest BCUT2D eigenvalue weighted by Gasteiger charge is -2.12. The first-order valence-electron chi connectivity index (χ1n) is 14.3. The molecule has 0 aliphatic heterocycles. The van der Waals surface area contributed by atoms with Gasteiger partial charge in [-0.05, 0) is 47.9 Å². The Bertz CT molecular complexity index is 1930. The number of aromatic nitrogens is 4. The highest BCUT2D eigenvalue weighted by molar-refractivity contribution is 5.80. The van der Waals surface area contributed by atoms with E-state index in [0.29, 0.717) is 17.5 Å². The molecule has 0 fully saturated rings. The van der Waals surface area contributed by atoms with E-state index in [9.17, 15) is 0 Å². The van der Waals surface area contributed by atoms with Gasteiger partial charge in [-0.2, -0.15) is 0 Å². The summed E-state index contributed by atoms with van der Waals surface area (Å²) < 4.78 is 0. The average molecular weight is 553 g/mol. The molecule has 7 rings (SSSR count). The Hall–Kier alpha value is -5.74. The molecular formula is C39H28N4. The standard InChI is InChI=1S/C39H28N4/c1-27-17-19-29(20-18-27)33-23-34(36-22-21-32(26-40-36)28-11-5-2-6-12-28)25-35(24-33)39-42-37(30-13-7-3-8-14-30)41-38(43-39)31-15-9-4-10-16-31/h2-26H,1H3. The first kappa shape index (κ1) is 26.2. The van der Waals surface area contributed by atoms with E-state index >= 15 is 0 Å². The van der Waals surface area contributed by atoms with Crippen molar-refractivity contribution in [1.82, 2.24) is 19.9 Å². The molecule has 0 spiro atoms. The smallest absolute Gasteiger partial charge is 0.164 e. The molecule has 204 valence electrons. The number of nitrogens with zero attached hydrogens (tertiary/aromatic N) is 4. The highest BCUT2D eigenvalue weighted by atomic mass is 15.0. The van der Waals surface area contributed by atoms with Gasteiger partial charge in [0.05, 0.1) is 5.69 Å². The molecular weight excluding hydrogens is 524 g/mol. The van der Waals surface area contributed by atoms with E-state index in [-0.39, 0.29) is 0 Å². The van der Waals surface area contributed by atoms with Crippen LogP contribution < -0.4 is 0 Å². The Morgan fingerprint density at radius 2 is 0.791 bits per heavy atom. The number of pyridine rings is 1. The minimum absolute atomic E-state index is 0.615. The average Bonchev–Trinajstić information content (AvgIpc) is 3.09. The predicted octanol–water partition coefficient (Wildman–Crippen LogP) is 9.58. The van der Waals surface area contributed by atoms with E-state index in [1.165, 1.54) is 5.56 Å². The minimum Gasteiger partial charge on any atom is -0.256 e. The van der Waals surface area contributed by atoms with Crippen LogP contribution in [-0.4, -0.2) is 19.9 Å². The van der Waals surface area contributed by atoms with Crippen LogP contribution >= 0.6 is 0 Å². The van der Waals surface area contributed by atoms with Gasteiger partial charge in [-0.3, -0.25) is 4.98 Å². The summed E-state index contributed by atoms with van der Waals surface area (Å²) in [7, 11) is 0. The molecule has 4 nitrogen and oxygen atoms in total. The van der Waals surface area contributed by atoms with Crippen LogP contribution in [0.3, 0.4) is 0 Å². The van der Waals surface area contributed by atoms with Gasteiger partial charge in [0.1, 0.15) is 0 Å². The van der Waals surface area contributed by atoms with Crippen molar-refractivity contribution in [2.75, 3.05) is 0 Å². The van der Waals surface area contributed by atoms with E-state index in [4.69, 9.17) is 19.9 Å². The third-order valence-electron chi connectivity index (χ3n) is 7.44. The summed E-state index contributed by atoms with van der Waals surface area (Å²) in [6, 6.07) is 49.7. The topological polar surface area (TPSA) is 51.6 Å². The molecule has 2 heterocycles. The zero-order valence-electron chi connectivity index (χ0n) is 23.7. The molecule has 0 aliphatic rings. The van der Waals surface area contributed by atoms with Crippen molar-refractivity contribution < 1.29 is 0 Å². The van der Waals surface area contributed by atoms with Crippen molar-refractivity contribution in [3.63, 3.8) is 0 Å². The summed E-state index contributed by atoms with van der Waals surface area (Å²) in [4.78, 5) is 19.7. The highest BCUT2D eigenvalue weighted by Gasteiger charge is 2.15. The summed E-state index contributed by atoms with van der Waals surface area (Å²) in [6.07, 6.45) is 1.94. The van der Waals surface area contributed by atoms with Gasteiger partial charge in [-0.1, -0.05) is 127 Å². The second-order valence-corrected chi connectivity index (χ2v) is 10.5. The summed E-state index contributed by atoms with van der Waals surface area (Å²) in [6.45, 7) is 2.10. The molecule has 2 aromatic heterocycles. The lowest BCUT2D eigenvalue weighted by molar-refractivity contribution is 1.07. The van der Waals surface area contributed by atoms with Crippen LogP contribution in [0.4, 0.5) is 0 Å². The van der Waals surface area contributed by atoms with Crippen LogP contribution in [0.2, 0.25) is 0 Å². The van der Waals surface area contributed by atoms with Crippen LogP contribution in [0.1, 0.15) is 5.56 Å². The highest BCUT2D eigenvalue weighted by Crippen LogP contribution is 2.33. The molecule has 4 heteroatoms. The van der Waals surface area contributed by atoms with Crippen LogP contribution in [0, 0.1) is 6.92 Å². The second kappa shape index (κ2) is 11.6. The van der Waals surface area contributed by atoms with Gasteiger partial charge < -0.3 is 0 Å². The van der Waals surface area contributed by atoms with Gasteiger partial charge in [0.25, 0.3) is 0 Å². The molecule has 0 saturated carbocycles. The Morgan fingerprint density at radius 1 is 0.349 bits per heavy atom. The Kier molecular flexibility index (Phi) is 7.08. The fourth-order valence-corrected chi connectivity index (χ4v) is 5.12. The van der Waals surface area contributed by atoms with Gasteiger partial charge in [-0.25, -0.2) is 15.0 Å². The maximum atomic E-state index is 4.99. The zero-order chi connectivity index (χ0) is 29.0. The zero-order valence-corrected chi connectivity index (χ0v) is 23.7. The van der Waals surface area contributed by atoms with Crippen molar-refractivity contribution in [3.8, 4) is 67.7 Å². The minimum atomic E-state index is 0.615. The third-order valence-corrected chi connectivity index (χ3v) is 7.44. The molecule has 0 amide bonds. The maximum absolute atomic E-state index is 4.99. The van der Waals surface area contributed by atoms with Crippen molar-refractivity contribution in [2.24, 2.45) is 0 Å². The van der Waals surface area contributed by atoms with Crippen LogP contribution in [0.15, 0.2) is 152 Å². The number of aryl methyl sites for hydroxylation is 1. The van der Waals surface area contributed by atoms with Crippen LogP contribution in [-0.2, 0) is 0 Å². The van der Waals surface area contributed by atoms with Gasteiger partial charge >= 0.3 is 0 Å². The van der Waals surface area contributed by atoms with Crippen molar-refractivity contribution in [2.45, 2.75) is 6.92 Å². The Morgan fingerprint density at radius 3 is 1.33 bits per heavy atom. The predicted molar refractivity (Wildman–Crippen MR) is 175 cm³/mol. The molecule has 0 bridgehead atoms. The van der Waals surface area contributed by atoms with E-state index < -0.39 is 0 Å². The first-order chi connectivity index (χ1) is 21.2. The van der Waals surface area contributed by atoms with Crippen molar-refractivity contribution in [1.29, 1.82) is 0 Å². The largest absolute Gasteiger partial charge is 0.256 e. The number of hydrogen-bond acceptors (Lipinski definition) is 4. The molecule has 0 N–H and O–H groups in total. The van der Waals surface area contributed by atoms with E-state index in [1.807, 2.05) is 85.1 Å². The van der Waals surface area contributed by atoms with Crippen molar-refractivity contribution in [3.05, 3.63) is 157 Å². The summed E-state index contributed by atoms with van der Waals surface area (Å²) in [5.41, 5.74) is 10.3. The van der Waals surface area contributed by atoms with E-state index in [2.05, 4.69) is 73.7 Å². The number of benzene rings is 5. The van der Waals surface area contributed by atoms with E-state index in [1.54, 1.807) is 0 Å². The first-order valence-corrected chi connectivity index (χ1v) is 14.3. The molecule has 43 heavy (non-hydrogen) atoms. The molecule has 0 aliphatic carbocycles. The number of rotatable bonds is 6. The fraction of sp³-hybridized carbons (Fsp3) is 0.0256. The second-order valence-electron chi connectivity index (χ2n) is 10.5. The molecule has 0 radical (unpaired) electrons. The van der Waals surface area contributed by atoms with Crippen molar-refractivity contribution >= 4 is 0 Å². The lowest BCUT2D eigenvalue weighted by atomic mass is 9.96. The number of hydrogen-bond donors (Lipinski definition) is 0. The maximum Gasteiger partial charge on any atom is 0.164 e. The van der Waals surface area contributed by atoms with E-state index in [0.717, 1.165) is 50.2 Å². The Labute approximate surface area is 251 Å². The van der Waals surface area contributed by atoms with Gasteiger partial charge in [0, 0.05) is 34.0 Å². The monoisotopic (exact) mass is 552 g/mol. The molecule has 0 unspecified atom stereocenters. The molecule has 0 saturated heterocycles. The fourth-order valence-electron chi connectivity index (χ4n) is 5.12. The molecule has 0 atom stereocenters. The van der Waals surface area contributed by atoms with Crippen LogP contribution in [0.25, 0.3) is 67.7 Å². The molecule has 5 aromatic carbocycles. The van der Waals surface area contributed by atoms with Gasteiger partial charge in [-0.15, -0.1) is 0 Å². The SMILES string of the molecule is Cc1ccc(-c2cc(-c3ccc(-c4ccccc4)cn3)cc(-c3nc(-c4ccccc4)nc(-c4ccccc4)n3)c2)cc1. The third kappa shape index (κ3) is 5.72. The van der Waals surface area contributed by atoms with Crippen LogP contribution in [0.5, 0.6) is 0 Å². The van der Waals surface area contributed by atoms with Gasteiger partial charge in [0.2, 0.25) is 0 Å². The Balaban J connectivity index is 1.40. The quantitative estimate of drug-likeness (QED) is 0.206.